The topological polar surface area (TPSA) is 138 Å². The Labute approximate surface area is 172 Å². The Morgan fingerprint density at radius 1 is 1.07 bits per heavy atom. The van der Waals surface area contributed by atoms with E-state index in [0.29, 0.717) is 5.56 Å². The molecule has 0 radical (unpaired) electrons. The maximum absolute atomic E-state index is 12.6. The molecule has 0 bridgehead atoms. The molecule has 10 heteroatoms. The smallest absolute Gasteiger partial charge is 0.323 e. The molecule has 1 fully saturated rings. The normalized spacial score (nSPS) is 18.1. The van der Waals surface area contributed by atoms with E-state index in [4.69, 9.17) is 5.11 Å². The molecule has 0 aromatic heterocycles. The maximum Gasteiger partial charge on any atom is 0.323 e. The highest BCUT2D eigenvalue weighted by molar-refractivity contribution is 9.10. The van der Waals surface area contributed by atoms with Crippen LogP contribution in [0.2, 0.25) is 0 Å². The Balaban J connectivity index is 2.16. The van der Waals surface area contributed by atoms with Crippen molar-refractivity contribution < 1.29 is 29.5 Å². The van der Waals surface area contributed by atoms with E-state index in [0.717, 1.165) is 21.5 Å². The van der Waals surface area contributed by atoms with Crippen LogP contribution in [-0.4, -0.2) is 44.2 Å². The highest BCUT2D eigenvalue weighted by Gasteiger charge is 2.46. The average molecular weight is 461 g/mol. The molecule has 2 aromatic carbocycles. The van der Waals surface area contributed by atoms with E-state index in [9.17, 15) is 29.6 Å². The number of nitro groups is 1. The summed E-state index contributed by atoms with van der Waals surface area (Å²) < 4.78 is 0.729. The highest BCUT2D eigenvalue weighted by Crippen LogP contribution is 2.39. The van der Waals surface area contributed by atoms with Gasteiger partial charge in [-0.2, -0.15) is 0 Å². The lowest BCUT2D eigenvalue weighted by Gasteiger charge is -2.23. The number of ketones is 1. The second kappa shape index (κ2) is 7.84. The van der Waals surface area contributed by atoms with E-state index in [1.807, 2.05) is 0 Å². The van der Waals surface area contributed by atoms with Gasteiger partial charge in [0.05, 0.1) is 16.5 Å². The fraction of sp³-hybridized carbons (Fsp3) is 0.105. The summed E-state index contributed by atoms with van der Waals surface area (Å²) in [6.45, 7) is -0.734. The Kier molecular flexibility index (Phi) is 5.46. The monoisotopic (exact) mass is 460 g/mol. The van der Waals surface area contributed by atoms with Crippen molar-refractivity contribution in [1.29, 1.82) is 0 Å². The highest BCUT2D eigenvalue weighted by atomic mass is 79.9. The number of hydrogen-bond acceptors (Lipinski definition) is 6. The van der Waals surface area contributed by atoms with Gasteiger partial charge in [0.1, 0.15) is 12.3 Å². The number of rotatable bonds is 5. The first-order valence-corrected chi connectivity index (χ1v) is 9.00. The number of amides is 1. The number of carbonyl (C=O) groups is 3. The van der Waals surface area contributed by atoms with Gasteiger partial charge in [-0.3, -0.25) is 24.5 Å². The second-order valence-corrected chi connectivity index (χ2v) is 7.09. The lowest BCUT2D eigenvalue weighted by molar-refractivity contribution is -0.384. The van der Waals surface area contributed by atoms with Crippen molar-refractivity contribution in [2.75, 3.05) is 6.54 Å². The molecule has 1 heterocycles. The molecule has 29 heavy (non-hydrogen) atoms. The molecule has 148 valence electrons. The second-order valence-electron chi connectivity index (χ2n) is 6.18. The lowest BCUT2D eigenvalue weighted by Crippen LogP contribution is -2.34. The summed E-state index contributed by atoms with van der Waals surface area (Å²) in [6.07, 6.45) is 0. The quantitative estimate of drug-likeness (QED) is 0.230. The average Bonchev–Trinajstić information content (AvgIpc) is 2.92. The fourth-order valence-electron chi connectivity index (χ4n) is 3.08. The lowest BCUT2D eigenvalue weighted by atomic mass is 9.95. The van der Waals surface area contributed by atoms with Crippen LogP contribution >= 0.6 is 15.9 Å². The summed E-state index contributed by atoms with van der Waals surface area (Å²) >= 11 is 3.27. The van der Waals surface area contributed by atoms with Crippen molar-refractivity contribution in [1.82, 2.24) is 4.90 Å². The van der Waals surface area contributed by atoms with Gasteiger partial charge in [-0.15, -0.1) is 0 Å². The van der Waals surface area contributed by atoms with Gasteiger partial charge in [-0.1, -0.05) is 28.1 Å². The van der Waals surface area contributed by atoms with Crippen molar-refractivity contribution in [3.8, 4) is 0 Å². The number of carbonyl (C=O) groups excluding carboxylic acids is 2. The fourth-order valence-corrected chi connectivity index (χ4v) is 3.34. The molecule has 1 aliphatic rings. The summed E-state index contributed by atoms with van der Waals surface area (Å²) in [4.78, 5) is 47.4. The van der Waals surface area contributed by atoms with Crippen LogP contribution in [0.5, 0.6) is 0 Å². The number of nitrogens with zero attached hydrogens (tertiary/aromatic N) is 2. The molecule has 1 aliphatic heterocycles. The summed E-state index contributed by atoms with van der Waals surface area (Å²) in [6, 6.07) is 10.2. The number of Topliss-reactive ketones (excluding diaryl/α,β-unsaturated/α-hetero) is 1. The van der Waals surface area contributed by atoms with Crippen LogP contribution in [0.4, 0.5) is 5.69 Å². The van der Waals surface area contributed by atoms with Crippen LogP contribution in [0.3, 0.4) is 0 Å². The number of likely N-dealkylation sites (tertiary alicyclic amines) is 1. The summed E-state index contributed by atoms with van der Waals surface area (Å²) in [5, 5.41) is 30.7. The van der Waals surface area contributed by atoms with Crippen molar-refractivity contribution >= 4 is 45.0 Å². The predicted octanol–water partition coefficient (Wildman–Crippen LogP) is 2.86. The Hall–Kier alpha value is -3.53. The zero-order valence-electron chi connectivity index (χ0n) is 14.6. The van der Waals surface area contributed by atoms with Gasteiger partial charge in [0.2, 0.25) is 0 Å². The summed E-state index contributed by atoms with van der Waals surface area (Å²) in [7, 11) is 0. The molecule has 0 spiro atoms. The molecule has 0 aliphatic carbocycles. The van der Waals surface area contributed by atoms with Crippen molar-refractivity contribution in [2.24, 2.45) is 0 Å². The van der Waals surface area contributed by atoms with E-state index < -0.39 is 40.9 Å². The van der Waals surface area contributed by atoms with Gasteiger partial charge in [0.15, 0.2) is 0 Å². The number of hydrogen-bond donors (Lipinski definition) is 2. The van der Waals surface area contributed by atoms with Gasteiger partial charge >= 0.3 is 5.97 Å². The Morgan fingerprint density at radius 2 is 1.66 bits per heavy atom. The first kappa shape index (κ1) is 20.2. The van der Waals surface area contributed by atoms with Crippen molar-refractivity contribution in [3.63, 3.8) is 0 Å². The van der Waals surface area contributed by atoms with E-state index >= 15 is 0 Å². The van der Waals surface area contributed by atoms with E-state index in [2.05, 4.69) is 15.9 Å². The number of aliphatic hydroxyl groups is 1. The predicted molar refractivity (Wildman–Crippen MR) is 104 cm³/mol. The van der Waals surface area contributed by atoms with Crippen LogP contribution in [-0.2, 0) is 14.4 Å². The number of carboxylic acid groups (broad SMARTS) is 1. The number of non-ortho nitro benzene ring substituents is 1. The zero-order valence-corrected chi connectivity index (χ0v) is 16.2. The zero-order chi connectivity index (χ0) is 21.3. The molecule has 1 atom stereocenters. The molecule has 1 amide bonds. The molecular weight excluding hydrogens is 448 g/mol. The minimum Gasteiger partial charge on any atom is -0.507 e. The Morgan fingerprint density at radius 3 is 2.17 bits per heavy atom. The first-order valence-electron chi connectivity index (χ1n) is 8.21. The van der Waals surface area contributed by atoms with Crippen molar-refractivity contribution in [2.45, 2.75) is 6.04 Å². The van der Waals surface area contributed by atoms with Crippen LogP contribution in [0.25, 0.3) is 5.76 Å². The van der Waals surface area contributed by atoms with Gasteiger partial charge in [-0.25, -0.2) is 0 Å². The molecule has 1 saturated heterocycles. The molecule has 2 aromatic rings. The van der Waals surface area contributed by atoms with Crippen molar-refractivity contribution in [3.05, 3.63) is 79.8 Å². The third-order valence-electron chi connectivity index (χ3n) is 4.38. The van der Waals surface area contributed by atoms with E-state index in [1.165, 1.54) is 12.1 Å². The molecule has 9 nitrogen and oxygen atoms in total. The summed E-state index contributed by atoms with van der Waals surface area (Å²) in [5.41, 5.74) is 0.0212. The third kappa shape index (κ3) is 3.87. The van der Waals surface area contributed by atoms with Gasteiger partial charge < -0.3 is 15.1 Å². The molecule has 2 N–H and O–H groups in total. The first-order chi connectivity index (χ1) is 13.7. The number of aliphatic carboxylic acids is 1. The van der Waals surface area contributed by atoms with Crippen LogP contribution in [0, 0.1) is 10.1 Å². The standard InChI is InChI=1S/C19H13BrN2O7/c20-12-5-1-10(2-6-12)16-15(18(26)19(27)21(16)9-14(23)24)17(25)11-3-7-13(8-4-11)22(28)29/h1-8,16,25H,9H2,(H,23,24)/b17-15+/t16-/m0/s1. The number of halogens is 1. The minimum atomic E-state index is -1.32. The number of carboxylic acids is 1. The van der Waals surface area contributed by atoms with Gasteiger partial charge in [0, 0.05) is 22.2 Å². The summed E-state index contributed by atoms with van der Waals surface area (Å²) in [5.74, 6) is -3.94. The largest absolute Gasteiger partial charge is 0.507 e. The number of nitro benzene ring substituents is 1. The van der Waals surface area contributed by atoms with Gasteiger partial charge in [0.25, 0.3) is 17.4 Å². The van der Waals surface area contributed by atoms with Crippen LogP contribution in [0.15, 0.2) is 58.6 Å². The van der Waals surface area contributed by atoms with Crippen LogP contribution in [0.1, 0.15) is 17.2 Å². The number of aliphatic hydroxyl groups excluding tert-OH is 1. The number of benzene rings is 2. The van der Waals surface area contributed by atoms with E-state index in [-0.39, 0.29) is 16.8 Å². The van der Waals surface area contributed by atoms with Crippen LogP contribution < -0.4 is 0 Å². The molecule has 0 unspecified atom stereocenters. The molecule has 0 saturated carbocycles. The Bertz CT molecular complexity index is 1050. The minimum absolute atomic E-state index is 0.0889. The third-order valence-corrected chi connectivity index (χ3v) is 4.91. The molecule has 3 rings (SSSR count). The maximum atomic E-state index is 12.6. The molecular formula is C19H13BrN2O7. The van der Waals surface area contributed by atoms with Gasteiger partial charge in [-0.05, 0) is 29.8 Å². The van der Waals surface area contributed by atoms with E-state index in [1.54, 1.807) is 24.3 Å². The SMILES string of the molecule is O=C(O)CN1C(=O)C(=O)/C(=C(/O)c2ccc([N+](=O)[O-])cc2)[C@@H]1c1ccc(Br)cc1.